The predicted molar refractivity (Wildman–Crippen MR) is 60.9 cm³/mol. The van der Waals surface area contributed by atoms with E-state index in [1.807, 2.05) is 25.3 Å². The zero-order valence-electron chi connectivity index (χ0n) is 9.01. The van der Waals surface area contributed by atoms with Gasteiger partial charge in [-0.1, -0.05) is 6.07 Å². The van der Waals surface area contributed by atoms with E-state index in [-0.39, 0.29) is 0 Å². The number of aromatic nitrogens is 2. The molecule has 0 saturated heterocycles. The topological polar surface area (TPSA) is 67.6 Å². The van der Waals surface area contributed by atoms with Crippen molar-refractivity contribution in [3.8, 4) is 11.8 Å². The molecule has 1 aromatic heterocycles. The van der Waals surface area contributed by atoms with E-state index < -0.39 is 0 Å². The van der Waals surface area contributed by atoms with Crippen LogP contribution in [0.3, 0.4) is 0 Å². The Balaban J connectivity index is 2.53. The molecule has 0 atom stereocenters. The Morgan fingerprint density at radius 3 is 2.88 bits per heavy atom. The first-order valence-electron chi connectivity index (χ1n) is 4.99. The average Bonchev–Trinajstić information content (AvgIpc) is 2.74. The lowest BCUT2D eigenvalue weighted by molar-refractivity contribution is 0.875. The van der Waals surface area contributed by atoms with Gasteiger partial charge in [0.1, 0.15) is 6.07 Å². The first-order valence-corrected chi connectivity index (χ1v) is 4.99. The largest absolute Gasteiger partial charge is 0.326 e. The predicted octanol–water partition coefficient (Wildman–Crippen LogP) is 1.51. The van der Waals surface area contributed by atoms with Gasteiger partial charge in [0, 0.05) is 12.7 Å². The molecule has 0 aliphatic rings. The summed E-state index contributed by atoms with van der Waals surface area (Å²) in [6, 6.07) is 7.74. The van der Waals surface area contributed by atoms with Gasteiger partial charge in [0.05, 0.1) is 17.4 Å². The van der Waals surface area contributed by atoms with Gasteiger partial charge in [-0.2, -0.15) is 10.4 Å². The van der Waals surface area contributed by atoms with Crippen molar-refractivity contribution in [3.05, 3.63) is 47.3 Å². The van der Waals surface area contributed by atoms with Gasteiger partial charge in [-0.25, -0.2) is 4.68 Å². The Hall–Kier alpha value is -2.12. The number of hydrogen-bond donors (Lipinski definition) is 1. The van der Waals surface area contributed by atoms with Crippen LogP contribution in [0.2, 0.25) is 0 Å². The summed E-state index contributed by atoms with van der Waals surface area (Å²) in [6.45, 7) is 2.40. The van der Waals surface area contributed by atoms with Gasteiger partial charge in [0.15, 0.2) is 0 Å². The van der Waals surface area contributed by atoms with E-state index in [0.717, 1.165) is 16.8 Å². The van der Waals surface area contributed by atoms with Crippen LogP contribution in [0.15, 0.2) is 30.6 Å². The second kappa shape index (κ2) is 4.17. The lowest BCUT2D eigenvalue weighted by Crippen LogP contribution is -2.01. The number of benzene rings is 1. The maximum atomic E-state index is 9.07. The van der Waals surface area contributed by atoms with Crippen LogP contribution in [0.1, 0.15) is 16.7 Å². The van der Waals surface area contributed by atoms with Gasteiger partial charge < -0.3 is 5.73 Å². The monoisotopic (exact) mass is 212 g/mol. The molecule has 0 bridgehead atoms. The molecule has 2 aromatic rings. The van der Waals surface area contributed by atoms with Crippen LogP contribution in [0.25, 0.3) is 5.69 Å². The van der Waals surface area contributed by atoms with Gasteiger partial charge in [-0.15, -0.1) is 0 Å². The molecule has 0 aliphatic heterocycles. The normalized spacial score (nSPS) is 10.1. The van der Waals surface area contributed by atoms with Gasteiger partial charge >= 0.3 is 0 Å². The summed E-state index contributed by atoms with van der Waals surface area (Å²) in [5, 5.41) is 13.3. The Labute approximate surface area is 93.9 Å². The van der Waals surface area contributed by atoms with E-state index in [1.165, 1.54) is 0 Å². The van der Waals surface area contributed by atoms with Crippen molar-refractivity contribution in [1.29, 1.82) is 5.26 Å². The van der Waals surface area contributed by atoms with Crippen LogP contribution in [-0.4, -0.2) is 9.78 Å². The average molecular weight is 212 g/mol. The third-order valence-corrected chi connectivity index (χ3v) is 2.38. The molecule has 0 aliphatic carbocycles. The second-order valence-electron chi connectivity index (χ2n) is 3.63. The molecule has 2 N–H and O–H groups in total. The Kier molecular flexibility index (Phi) is 2.71. The van der Waals surface area contributed by atoms with Crippen LogP contribution in [-0.2, 0) is 6.54 Å². The van der Waals surface area contributed by atoms with E-state index in [0.29, 0.717) is 12.1 Å². The van der Waals surface area contributed by atoms with E-state index >= 15 is 0 Å². The fourth-order valence-electron chi connectivity index (χ4n) is 1.54. The summed E-state index contributed by atoms with van der Waals surface area (Å²) in [5.41, 5.74) is 8.92. The summed E-state index contributed by atoms with van der Waals surface area (Å²) < 4.78 is 1.70. The van der Waals surface area contributed by atoms with Crippen molar-refractivity contribution in [2.75, 3.05) is 0 Å². The van der Waals surface area contributed by atoms with Gasteiger partial charge in [-0.05, 0) is 30.2 Å². The number of aryl methyl sites for hydroxylation is 1. The molecule has 1 heterocycles. The van der Waals surface area contributed by atoms with Crippen molar-refractivity contribution in [2.45, 2.75) is 13.5 Å². The zero-order chi connectivity index (χ0) is 11.5. The number of rotatable bonds is 2. The third-order valence-electron chi connectivity index (χ3n) is 2.38. The molecule has 0 spiro atoms. The number of nitriles is 1. The number of hydrogen-bond acceptors (Lipinski definition) is 3. The minimum Gasteiger partial charge on any atom is -0.326 e. The molecule has 1 aromatic carbocycles. The van der Waals surface area contributed by atoms with E-state index in [2.05, 4.69) is 11.2 Å². The van der Waals surface area contributed by atoms with Gasteiger partial charge in [-0.3, -0.25) is 0 Å². The Morgan fingerprint density at radius 1 is 1.50 bits per heavy atom. The molecule has 0 amide bonds. The third kappa shape index (κ3) is 1.81. The van der Waals surface area contributed by atoms with E-state index in [9.17, 15) is 0 Å². The highest BCUT2D eigenvalue weighted by molar-refractivity contribution is 5.50. The highest BCUT2D eigenvalue weighted by atomic mass is 15.3. The second-order valence-corrected chi connectivity index (χ2v) is 3.63. The lowest BCUT2D eigenvalue weighted by atomic mass is 10.1. The smallest absolute Gasteiger partial charge is 0.101 e. The van der Waals surface area contributed by atoms with Crippen molar-refractivity contribution >= 4 is 0 Å². The molecule has 0 fully saturated rings. The van der Waals surface area contributed by atoms with E-state index in [1.54, 1.807) is 16.9 Å². The fourth-order valence-corrected chi connectivity index (χ4v) is 1.54. The summed E-state index contributed by atoms with van der Waals surface area (Å²) in [7, 11) is 0. The molecular weight excluding hydrogens is 200 g/mol. The molecule has 2 rings (SSSR count). The highest BCUT2D eigenvalue weighted by Gasteiger charge is 2.06. The van der Waals surface area contributed by atoms with Crippen LogP contribution in [0, 0.1) is 18.3 Å². The Bertz CT molecular complexity index is 548. The molecular formula is C12H12N4. The molecule has 0 radical (unpaired) electrons. The van der Waals surface area contributed by atoms with Crippen LogP contribution in [0.4, 0.5) is 0 Å². The summed E-state index contributed by atoms with van der Waals surface area (Å²) in [4.78, 5) is 0. The van der Waals surface area contributed by atoms with Crippen LogP contribution < -0.4 is 5.73 Å². The SMILES string of the molecule is Cc1cnn(-c2ccc(CN)cc2C#N)c1. The first kappa shape index (κ1) is 10.4. The molecule has 0 saturated carbocycles. The van der Waals surface area contributed by atoms with Gasteiger partial charge in [0.25, 0.3) is 0 Å². The van der Waals surface area contributed by atoms with Gasteiger partial charge in [0.2, 0.25) is 0 Å². The molecule has 16 heavy (non-hydrogen) atoms. The zero-order valence-corrected chi connectivity index (χ0v) is 9.01. The molecule has 4 nitrogen and oxygen atoms in total. The summed E-state index contributed by atoms with van der Waals surface area (Å²) >= 11 is 0. The quantitative estimate of drug-likeness (QED) is 0.820. The minimum atomic E-state index is 0.438. The lowest BCUT2D eigenvalue weighted by Gasteiger charge is -2.05. The maximum absolute atomic E-state index is 9.07. The van der Waals surface area contributed by atoms with Crippen molar-refractivity contribution in [1.82, 2.24) is 9.78 Å². The first-order chi connectivity index (χ1) is 7.74. The maximum Gasteiger partial charge on any atom is 0.101 e. The summed E-state index contributed by atoms with van der Waals surface area (Å²) in [5.74, 6) is 0. The molecule has 4 heteroatoms. The van der Waals surface area contributed by atoms with Crippen molar-refractivity contribution < 1.29 is 0 Å². The van der Waals surface area contributed by atoms with Crippen molar-refractivity contribution in [3.63, 3.8) is 0 Å². The number of nitrogens with zero attached hydrogens (tertiary/aromatic N) is 3. The molecule has 0 unspecified atom stereocenters. The number of nitrogens with two attached hydrogens (primary N) is 1. The fraction of sp³-hybridized carbons (Fsp3) is 0.167. The van der Waals surface area contributed by atoms with E-state index in [4.69, 9.17) is 11.0 Å². The molecule has 80 valence electrons. The standard InChI is InChI=1S/C12H12N4/c1-9-7-15-16(8-9)12-3-2-10(5-13)4-11(12)6-14/h2-4,7-8H,5,13H2,1H3. The highest BCUT2D eigenvalue weighted by Crippen LogP contribution is 2.15. The van der Waals surface area contributed by atoms with Crippen LogP contribution in [0.5, 0.6) is 0 Å². The minimum absolute atomic E-state index is 0.438. The summed E-state index contributed by atoms with van der Waals surface area (Å²) in [6.07, 6.45) is 3.65. The Morgan fingerprint density at radius 2 is 2.31 bits per heavy atom. The van der Waals surface area contributed by atoms with Crippen LogP contribution >= 0.6 is 0 Å². The van der Waals surface area contributed by atoms with Crippen molar-refractivity contribution in [2.24, 2.45) is 5.73 Å².